The topological polar surface area (TPSA) is 18.5 Å². The average molecular weight is 239 g/mol. The van der Waals surface area contributed by atoms with Gasteiger partial charge in [0.15, 0.2) is 0 Å². The molecule has 2 fully saturated rings. The van der Waals surface area contributed by atoms with Gasteiger partial charge in [-0.1, -0.05) is 19.3 Å². The van der Waals surface area contributed by atoms with Crippen LogP contribution in [0.25, 0.3) is 0 Å². The molecule has 1 saturated carbocycles. The number of likely N-dealkylation sites (N-methyl/N-ethyl adjacent to an activating group) is 1. The van der Waals surface area contributed by atoms with Gasteiger partial charge in [-0.05, 0) is 39.9 Å². The van der Waals surface area contributed by atoms with E-state index in [2.05, 4.69) is 29.2 Å². The zero-order valence-corrected chi connectivity index (χ0v) is 11.6. The summed E-state index contributed by atoms with van der Waals surface area (Å²) in [6.45, 7) is 4.97. The Kier molecular flexibility index (Phi) is 5.26. The molecule has 0 amide bonds. The second-order valence-electron chi connectivity index (χ2n) is 6.00. The van der Waals surface area contributed by atoms with Gasteiger partial charge in [-0.15, -0.1) is 0 Å². The third-order valence-electron chi connectivity index (χ3n) is 4.44. The number of nitrogens with one attached hydrogen (secondary N) is 1. The Morgan fingerprint density at radius 3 is 2.53 bits per heavy atom. The Morgan fingerprint density at radius 2 is 1.88 bits per heavy atom. The first-order valence-corrected chi connectivity index (χ1v) is 7.38. The number of rotatable bonds is 5. The Bertz CT molecular complexity index is 212. The highest BCUT2D eigenvalue weighted by Gasteiger charge is 2.23. The number of hydrogen-bond donors (Lipinski definition) is 1. The van der Waals surface area contributed by atoms with E-state index < -0.39 is 0 Å². The summed E-state index contributed by atoms with van der Waals surface area (Å²) in [5, 5.41) is 3.74. The molecule has 0 bridgehead atoms. The summed E-state index contributed by atoms with van der Waals surface area (Å²) in [5.41, 5.74) is 0. The van der Waals surface area contributed by atoms with E-state index >= 15 is 0 Å². The fourth-order valence-electron chi connectivity index (χ4n) is 3.17. The van der Waals surface area contributed by atoms with Crippen LogP contribution in [0.5, 0.6) is 0 Å². The van der Waals surface area contributed by atoms with E-state index in [1.165, 1.54) is 64.7 Å². The van der Waals surface area contributed by atoms with Crippen molar-refractivity contribution in [3.05, 3.63) is 0 Å². The van der Waals surface area contributed by atoms with Crippen molar-refractivity contribution in [1.82, 2.24) is 15.1 Å². The molecule has 3 nitrogen and oxygen atoms in total. The van der Waals surface area contributed by atoms with E-state index in [0.29, 0.717) is 0 Å². The summed E-state index contributed by atoms with van der Waals surface area (Å²) < 4.78 is 0. The van der Waals surface area contributed by atoms with Gasteiger partial charge in [0, 0.05) is 31.7 Å². The molecule has 1 heterocycles. The minimum atomic E-state index is 0.782. The van der Waals surface area contributed by atoms with Crippen molar-refractivity contribution in [3.8, 4) is 0 Å². The first kappa shape index (κ1) is 13.3. The maximum atomic E-state index is 3.74. The summed E-state index contributed by atoms with van der Waals surface area (Å²) >= 11 is 0. The predicted octanol–water partition coefficient (Wildman–Crippen LogP) is 1.54. The predicted molar refractivity (Wildman–Crippen MR) is 73.4 cm³/mol. The minimum absolute atomic E-state index is 0.782. The molecule has 0 radical (unpaired) electrons. The molecule has 0 aromatic rings. The van der Waals surface area contributed by atoms with Gasteiger partial charge < -0.3 is 15.1 Å². The van der Waals surface area contributed by atoms with E-state index in [9.17, 15) is 0 Å². The molecule has 2 rings (SSSR count). The lowest BCUT2D eigenvalue weighted by Gasteiger charge is -2.25. The second kappa shape index (κ2) is 6.72. The molecular formula is C14H29N3. The fraction of sp³-hybridized carbons (Fsp3) is 1.00. The van der Waals surface area contributed by atoms with Crippen LogP contribution in [-0.4, -0.2) is 62.2 Å². The number of hydrogen-bond acceptors (Lipinski definition) is 3. The molecule has 3 heteroatoms. The van der Waals surface area contributed by atoms with Crippen molar-refractivity contribution in [2.75, 3.05) is 40.3 Å². The Hall–Kier alpha value is -0.120. The smallest absolute Gasteiger partial charge is 0.0229 e. The normalized spacial score (nSPS) is 28.1. The first-order chi connectivity index (χ1) is 8.25. The van der Waals surface area contributed by atoms with Crippen LogP contribution in [0.4, 0.5) is 0 Å². The van der Waals surface area contributed by atoms with E-state index in [0.717, 1.165) is 12.1 Å². The maximum Gasteiger partial charge on any atom is 0.0229 e. The summed E-state index contributed by atoms with van der Waals surface area (Å²) in [7, 11) is 4.41. The molecule has 0 aromatic carbocycles. The molecule has 1 aliphatic carbocycles. The average Bonchev–Trinajstić information content (AvgIpc) is 2.79. The molecule has 0 aromatic heterocycles. The molecular weight excluding hydrogens is 210 g/mol. The highest BCUT2D eigenvalue weighted by atomic mass is 15.2. The van der Waals surface area contributed by atoms with Gasteiger partial charge >= 0.3 is 0 Å². The van der Waals surface area contributed by atoms with Crippen LogP contribution >= 0.6 is 0 Å². The van der Waals surface area contributed by atoms with E-state index in [-0.39, 0.29) is 0 Å². The molecule has 100 valence electrons. The van der Waals surface area contributed by atoms with E-state index in [1.54, 1.807) is 0 Å². The van der Waals surface area contributed by atoms with E-state index in [4.69, 9.17) is 0 Å². The van der Waals surface area contributed by atoms with Crippen molar-refractivity contribution >= 4 is 0 Å². The highest BCUT2D eigenvalue weighted by Crippen LogP contribution is 2.17. The van der Waals surface area contributed by atoms with Crippen molar-refractivity contribution in [3.63, 3.8) is 0 Å². The van der Waals surface area contributed by atoms with Crippen LogP contribution in [-0.2, 0) is 0 Å². The molecule has 1 unspecified atom stereocenters. The van der Waals surface area contributed by atoms with Crippen LogP contribution in [0.2, 0.25) is 0 Å². The lowest BCUT2D eigenvalue weighted by atomic mass is 9.95. The van der Waals surface area contributed by atoms with Gasteiger partial charge in [-0.25, -0.2) is 0 Å². The first-order valence-electron chi connectivity index (χ1n) is 7.38. The molecule has 1 saturated heterocycles. The van der Waals surface area contributed by atoms with Crippen LogP contribution in [0.1, 0.15) is 38.5 Å². The third-order valence-corrected chi connectivity index (χ3v) is 4.44. The minimum Gasteiger partial charge on any atom is -0.313 e. The van der Waals surface area contributed by atoms with Crippen molar-refractivity contribution in [1.29, 1.82) is 0 Å². The molecule has 2 aliphatic rings. The largest absolute Gasteiger partial charge is 0.313 e. The Balaban J connectivity index is 1.56. The summed E-state index contributed by atoms with van der Waals surface area (Å²) in [5.74, 6) is 0. The van der Waals surface area contributed by atoms with Gasteiger partial charge in [-0.3, -0.25) is 0 Å². The van der Waals surface area contributed by atoms with Gasteiger partial charge in [0.25, 0.3) is 0 Å². The maximum absolute atomic E-state index is 3.74. The second-order valence-corrected chi connectivity index (χ2v) is 6.00. The zero-order valence-electron chi connectivity index (χ0n) is 11.6. The van der Waals surface area contributed by atoms with Gasteiger partial charge in [-0.2, -0.15) is 0 Å². The number of nitrogens with zero attached hydrogens (tertiary/aromatic N) is 2. The Labute approximate surface area is 107 Å². The SMILES string of the molecule is CN(C)C1CCN(CCNC2CCCCC2)C1. The van der Waals surface area contributed by atoms with Gasteiger partial charge in [0.05, 0.1) is 0 Å². The molecule has 17 heavy (non-hydrogen) atoms. The summed E-state index contributed by atoms with van der Waals surface area (Å²) in [4.78, 5) is 4.98. The van der Waals surface area contributed by atoms with Gasteiger partial charge in [0.2, 0.25) is 0 Å². The number of likely N-dealkylation sites (tertiary alicyclic amines) is 1. The standard InChI is InChI=1S/C14H29N3/c1-16(2)14-8-10-17(12-14)11-9-15-13-6-4-3-5-7-13/h13-15H,3-12H2,1-2H3. The van der Waals surface area contributed by atoms with Crippen molar-refractivity contribution < 1.29 is 0 Å². The highest BCUT2D eigenvalue weighted by molar-refractivity contribution is 4.81. The van der Waals surface area contributed by atoms with Gasteiger partial charge in [0.1, 0.15) is 0 Å². The third kappa shape index (κ3) is 4.23. The monoisotopic (exact) mass is 239 g/mol. The van der Waals surface area contributed by atoms with Crippen LogP contribution < -0.4 is 5.32 Å². The quantitative estimate of drug-likeness (QED) is 0.785. The van der Waals surface area contributed by atoms with Crippen LogP contribution in [0, 0.1) is 0 Å². The van der Waals surface area contributed by atoms with Crippen LogP contribution in [0.3, 0.4) is 0 Å². The summed E-state index contributed by atoms with van der Waals surface area (Å²) in [6, 6.07) is 1.60. The lowest BCUT2D eigenvalue weighted by Crippen LogP contribution is -2.38. The fourth-order valence-corrected chi connectivity index (χ4v) is 3.17. The van der Waals surface area contributed by atoms with E-state index in [1.807, 2.05) is 0 Å². The molecule has 1 atom stereocenters. The summed E-state index contributed by atoms with van der Waals surface area (Å²) in [6.07, 6.45) is 8.47. The van der Waals surface area contributed by atoms with Crippen molar-refractivity contribution in [2.24, 2.45) is 0 Å². The Morgan fingerprint density at radius 1 is 1.12 bits per heavy atom. The van der Waals surface area contributed by atoms with Crippen LogP contribution in [0.15, 0.2) is 0 Å². The molecule has 1 aliphatic heterocycles. The lowest BCUT2D eigenvalue weighted by molar-refractivity contribution is 0.262. The molecule has 0 spiro atoms. The van der Waals surface area contributed by atoms with Crippen molar-refractivity contribution in [2.45, 2.75) is 50.6 Å². The zero-order chi connectivity index (χ0) is 12.1. The molecule has 1 N–H and O–H groups in total.